The molecular formula is C15H16. The summed E-state index contributed by atoms with van der Waals surface area (Å²) in [6.07, 6.45) is 9.74. The Hall–Kier alpha value is -1.82. The Morgan fingerprint density at radius 1 is 1.07 bits per heavy atom. The molecule has 0 N–H and O–H groups in total. The molecule has 1 aromatic carbocycles. The van der Waals surface area contributed by atoms with Gasteiger partial charge in [0.15, 0.2) is 0 Å². The van der Waals surface area contributed by atoms with Crippen LogP contribution in [-0.4, -0.2) is 0 Å². The van der Waals surface area contributed by atoms with Gasteiger partial charge in [-0.25, -0.2) is 0 Å². The Balaban J connectivity index is 3.37. The minimum Gasteiger partial charge on any atom is -0.0991 e. The van der Waals surface area contributed by atoms with Gasteiger partial charge < -0.3 is 0 Å². The van der Waals surface area contributed by atoms with Gasteiger partial charge in [-0.2, -0.15) is 0 Å². The summed E-state index contributed by atoms with van der Waals surface area (Å²) in [5, 5.41) is 2.39. The summed E-state index contributed by atoms with van der Waals surface area (Å²) in [4.78, 5) is 0. The van der Waals surface area contributed by atoms with Crippen LogP contribution in [0, 0.1) is 0 Å². The fraction of sp³-hybridized carbons (Fsp3) is 0.0667. The first-order valence-corrected chi connectivity index (χ1v) is 4.97. The fourth-order valence-corrected chi connectivity index (χ4v) is 1.40. The number of allylic oxidation sites excluding steroid dienone is 4. The lowest BCUT2D eigenvalue weighted by Crippen LogP contribution is -2.23. The van der Waals surface area contributed by atoms with Gasteiger partial charge in [0.1, 0.15) is 0 Å². The molecule has 0 aromatic heterocycles. The average Bonchev–Trinajstić information content (AvgIpc) is 2.21. The molecule has 1 rings (SSSR count). The van der Waals surface area contributed by atoms with Crippen molar-refractivity contribution in [1.82, 2.24) is 0 Å². The van der Waals surface area contributed by atoms with E-state index in [-0.39, 0.29) is 0 Å². The van der Waals surface area contributed by atoms with Crippen molar-refractivity contribution in [3.8, 4) is 0 Å². The first-order chi connectivity index (χ1) is 7.27. The monoisotopic (exact) mass is 196 g/mol. The summed E-state index contributed by atoms with van der Waals surface area (Å²) in [5.74, 6) is 0. The molecule has 0 amide bonds. The number of hydrogen-bond donors (Lipinski definition) is 0. The van der Waals surface area contributed by atoms with Crippen molar-refractivity contribution >= 4 is 12.2 Å². The molecule has 0 aliphatic carbocycles. The van der Waals surface area contributed by atoms with Gasteiger partial charge in [0.25, 0.3) is 0 Å². The van der Waals surface area contributed by atoms with Crippen molar-refractivity contribution in [2.24, 2.45) is 0 Å². The molecule has 0 heterocycles. The molecule has 0 atom stereocenters. The Labute approximate surface area is 91.3 Å². The predicted molar refractivity (Wildman–Crippen MR) is 68.8 cm³/mol. The fourth-order valence-electron chi connectivity index (χ4n) is 1.40. The van der Waals surface area contributed by atoms with E-state index in [1.54, 1.807) is 12.2 Å². The Kier molecular flexibility index (Phi) is 4.36. The van der Waals surface area contributed by atoms with Gasteiger partial charge in [-0.3, -0.25) is 0 Å². The van der Waals surface area contributed by atoms with Crippen LogP contribution in [0.25, 0.3) is 12.2 Å². The molecule has 0 aliphatic heterocycles. The van der Waals surface area contributed by atoms with E-state index in [0.717, 1.165) is 0 Å². The minimum absolute atomic E-state index is 1.18. The van der Waals surface area contributed by atoms with Crippen LogP contribution in [0.4, 0.5) is 0 Å². The van der Waals surface area contributed by atoms with E-state index >= 15 is 0 Å². The molecule has 0 bridgehead atoms. The summed E-state index contributed by atoms with van der Waals surface area (Å²) >= 11 is 0. The highest BCUT2D eigenvalue weighted by molar-refractivity contribution is 5.48. The second-order valence-corrected chi connectivity index (χ2v) is 3.32. The molecule has 0 aliphatic rings. The maximum atomic E-state index is 3.71. The van der Waals surface area contributed by atoms with Gasteiger partial charge in [0, 0.05) is 0 Å². The van der Waals surface area contributed by atoms with Crippen LogP contribution < -0.4 is 10.4 Å². The summed E-state index contributed by atoms with van der Waals surface area (Å²) < 4.78 is 0. The predicted octanol–water partition coefficient (Wildman–Crippen LogP) is 2.57. The lowest BCUT2D eigenvalue weighted by atomic mass is 10.1. The molecule has 0 saturated carbocycles. The van der Waals surface area contributed by atoms with Crippen molar-refractivity contribution in [1.29, 1.82) is 0 Å². The molecule has 0 fully saturated rings. The highest BCUT2D eigenvalue weighted by Gasteiger charge is 1.84. The maximum Gasteiger partial charge on any atom is -0.0181 e. The summed E-state index contributed by atoms with van der Waals surface area (Å²) in [5.41, 5.74) is 1.19. The molecule has 0 saturated heterocycles. The first-order valence-electron chi connectivity index (χ1n) is 4.97. The standard InChI is InChI=1S/C15H16/c1-4-8-13(3)12-15-11-7-6-10-14(15)9-5-2/h4-12H,1-2H2,3H3/b13-8+,14-9+,15-12-. The van der Waals surface area contributed by atoms with Crippen LogP contribution in [-0.2, 0) is 0 Å². The smallest absolute Gasteiger partial charge is 0.0181 e. The van der Waals surface area contributed by atoms with E-state index in [4.69, 9.17) is 0 Å². The Bertz CT molecular complexity index is 487. The van der Waals surface area contributed by atoms with E-state index in [1.807, 2.05) is 24.3 Å². The van der Waals surface area contributed by atoms with Gasteiger partial charge in [-0.1, -0.05) is 73.4 Å². The molecule has 0 nitrogen and oxygen atoms in total. The van der Waals surface area contributed by atoms with Crippen LogP contribution in [0.2, 0.25) is 0 Å². The number of rotatable bonds is 3. The Morgan fingerprint density at radius 3 is 2.33 bits per heavy atom. The summed E-state index contributed by atoms with van der Waals surface area (Å²) in [6, 6.07) is 8.23. The Morgan fingerprint density at radius 2 is 1.73 bits per heavy atom. The van der Waals surface area contributed by atoms with Gasteiger partial charge in [0.2, 0.25) is 0 Å². The van der Waals surface area contributed by atoms with Crippen molar-refractivity contribution in [3.05, 3.63) is 71.7 Å². The highest BCUT2D eigenvalue weighted by atomic mass is 13.9. The van der Waals surface area contributed by atoms with Gasteiger partial charge in [0.05, 0.1) is 0 Å². The van der Waals surface area contributed by atoms with Gasteiger partial charge in [-0.15, -0.1) is 0 Å². The topological polar surface area (TPSA) is 0 Å². The van der Waals surface area contributed by atoms with Crippen LogP contribution in [0.15, 0.2) is 61.2 Å². The average molecular weight is 196 g/mol. The van der Waals surface area contributed by atoms with E-state index < -0.39 is 0 Å². The van der Waals surface area contributed by atoms with E-state index in [1.165, 1.54) is 16.0 Å². The largest absolute Gasteiger partial charge is 0.0991 e. The maximum absolute atomic E-state index is 3.71. The van der Waals surface area contributed by atoms with Crippen LogP contribution in [0.1, 0.15) is 6.92 Å². The minimum atomic E-state index is 1.18. The zero-order chi connectivity index (χ0) is 11.1. The number of hydrogen-bond acceptors (Lipinski definition) is 0. The van der Waals surface area contributed by atoms with Crippen molar-refractivity contribution in [3.63, 3.8) is 0 Å². The molecule has 0 spiro atoms. The van der Waals surface area contributed by atoms with Gasteiger partial charge >= 0.3 is 0 Å². The molecule has 0 heteroatoms. The van der Waals surface area contributed by atoms with E-state index in [2.05, 4.69) is 38.3 Å². The summed E-state index contributed by atoms with van der Waals surface area (Å²) in [7, 11) is 0. The van der Waals surface area contributed by atoms with Crippen LogP contribution >= 0.6 is 0 Å². The van der Waals surface area contributed by atoms with Crippen LogP contribution in [0.5, 0.6) is 0 Å². The normalized spacial score (nSPS) is 14.1. The quantitative estimate of drug-likeness (QED) is 0.652. The first kappa shape index (κ1) is 11.3. The van der Waals surface area contributed by atoms with E-state index in [0.29, 0.717) is 0 Å². The van der Waals surface area contributed by atoms with E-state index in [9.17, 15) is 0 Å². The van der Waals surface area contributed by atoms with Crippen LogP contribution in [0.3, 0.4) is 0 Å². The van der Waals surface area contributed by atoms with Crippen molar-refractivity contribution in [2.75, 3.05) is 0 Å². The summed E-state index contributed by atoms with van der Waals surface area (Å²) in [6.45, 7) is 9.45. The zero-order valence-electron chi connectivity index (χ0n) is 9.11. The third-order valence-corrected chi connectivity index (χ3v) is 2.06. The van der Waals surface area contributed by atoms with Crippen molar-refractivity contribution < 1.29 is 0 Å². The molecule has 76 valence electrons. The SMILES string of the molecule is C=C/C=C(C)/C=c1/cccc/c1=C\C=C. The lowest BCUT2D eigenvalue weighted by Gasteiger charge is -1.91. The van der Waals surface area contributed by atoms with Crippen molar-refractivity contribution in [2.45, 2.75) is 6.92 Å². The highest BCUT2D eigenvalue weighted by Crippen LogP contribution is 1.92. The molecule has 15 heavy (non-hydrogen) atoms. The molecule has 1 aromatic rings. The lowest BCUT2D eigenvalue weighted by molar-refractivity contribution is 1.49. The second kappa shape index (κ2) is 5.82. The third kappa shape index (κ3) is 3.43. The third-order valence-electron chi connectivity index (χ3n) is 2.06. The molecule has 0 radical (unpaired) electrons. The van der Waals surface area contributed by atoms with Gasteiger partial charge in [-0.05, 0) is 17.4 Å². The second-order valence-electron chi connectivity index (χ2n) is 3.32. The number of benzene rings is 1. The molecular weight excluding hydrogens is 180 g/mol. The molecule has 0 unspecified atom stereocenters. The zero-order valence-corrected chi connectivity index (χ0v) is 9.11.